The van der Waals surface area contributed by atoms with Crippen molar-refractivity contribution in [1.82, 2.24) is 5.32 Å². The smallest absolute Gasteiger partial charge is 0.333 e. The average molecular weight is 301 g/mol. The van der Waals surface area contributed by atoms with Crippen molar-refractivity contribution in [2.45, 2.75) is 73.0 Å². The Balaban J connectivity index is 0. The predicted molar refractivity (Wildman–Crippen MR) is 84.9 cm³/mol. The van der Waals surface area contributed by atoms with Gasteiger partial charge in [-0.3, -0.25) is 4.79 Å². The summed E-state index contributed by atoms with van der Waals surface area (Å²) in [5, 5.41) is 10.9. The largest absolute Gasteiger partial charge is 0.463 e. The van der Waals surface area contributed by atoms with Crippen molar-refractivity contribution in [2.24, 2.45) is 0 Å². The standard InChI is InChI=1S/C11H17NO3.C3H8O.C2H6/c1-3-15-11(14)9-4-6-10(7-5-9)12-8(2)13;1-3(2)4;1-2/h4,10H,3,5-7H2,1-2H3,(H,12,13);3-4H,1-2H3;1-2H3. The molecule has 0 aliphatic heterocycles. The van der Waals surface area contributed by atoms with Crippen LogP contribution in [0.15, 0.2) is 11.6 Å². The molecule has 2 N–H and O–H groups in total. The van der Waals surface area contributed by atoms with Crippen LogP contribution < -0.4 is 5.32 Å². The Morgan fingerprint density at radius 1 is 1.43 bits per heavy atom. The molecule has 0 saturated heterocycles. The molecule has 1 aliphatic carbocycles. The SMILES string of the molecule is CC.CC(C)O.CCOC(=O)C1=CCC(NC(C)=O)CC1. The molecule has 21 heavy (non-hydrogen) atoms. The summed E-state index contributed by atoms with van der Waals surface area (Å²) in [5.41, 5.74) is 0.735. The average Bonchev–Trinajstić information content (AvgIpc) is 2.41. The van der Waals surface area contributed by atoms with E-state index in [4.69, 9.17) is 9.84 Å². The monoisotopic (exact) mass is 301 g/mol. The van der Waals surface area contributed by atoms with Crippen LogP contribution in [0.5, 0.6) is 0 Å². The van der Waals surface area contributed by atoms with E-state index >= 15 is 0 Å². The van der Waals surface area contributed by atoms with Gasteiger partial charge in [-0.15, -0.1) is 0 Å². The van der Waals surface area contributed by atoms with Crippen molar-refractivity contribution in [3.05, 3.63) is 11.6 Å². The molecular formula is C16H31NO4. The topological polar surface area (TPSA) is 75.6 Å². The van der Waals surface area contributed by atoms with Crippen LogP contribution in [0.1, 0.15) is 60.8 Å². The minimum absolute atomic E-state index is 0.0204. The van der Waals surface area contributed by atoms with Gasteiger partial charge in [0.05, 0.1) is 6.61 Å². The molecule has 1 unspecified atom stereocenters. The van der Waals surface area contributed by atoms with Crippen LogP contribution in [0.3, 0.4) is 0 Å². The minimum atomic E-state index is -0.223. The minimum Gasteiger partial charge on any atom is -0.463 e. The molecule has 0 spiro atoms. The molecule has 1 rings (SSSR count). The Bertz CT molecular complexity index is 321. The Hall–Kier alpha value is -1.36. The number of nitrogens with one attached hydrogen (secondary N) is 1. The first-order valence-electron chi connectivity index (χ1n) is 7.68. The maximum Gasteiger partial charge on any atom is 0.333 e. The summed E-state index contributed by atoms with van der Waals surface area (Å²) in [6, 6.07) is 0.167. The van der Waals surface area contributed by atoms with Crippen LogP contribution in [0, 0.1) is 0 Å². The number of hydrogen-bond donors (Lipinski definition) is 2. The van der Waals surface area contributed by atoms with E-state index in [1.165, 1.54) is 6.92 Å². The van der Waals surface area contributed by atoms with Gasteiger partial charge in [0.15, 0.2) is 0 Å². The maximum absolute atomic E-state index is 11.3. The van der Waals surface area contributed by atoms with Gasteiger partial charge in [-0.2, -0.15) is 0 Å². The van der Waals surface area contributed by atoms with Crippen molar-refractivity contribution >= 4 is 11.9 Å². The highest BCUT2D eigenvalue weighted by Gasteiger charge is 2.19. The molecular weight excluding hydrogens is 270 g/mol. The number of ether oxygens (including phenoxy) is 1. The molecule has 0 fully saturated rings. The summed E-state index contributed by atoms with van der Waals surface area (Å²) in [6.07, 6.45) is 3.91. The van der Waals surface area contributed by atoms with Gasteiger partial charge < -0.3 is 15.2 Å². The molecule has 5 nitrogen and oxygen atoms in total. The van der Waals surface area contributed by atoms with Gasteiger partial charge in [-0.25, -0.2) is 4.79 Å². The number of aliphatic hydroxyl groups excluding tert-OH is 1. The van der Waals surface area contributed by atoms with Crippen LogP contribution in [0.2, 0.25) is 0 Å². The number of carbonyl (C=O) groups is 2. The molecule has 0 bridgehead atoms. The molecule has 0 aromatic carbocycles. The zero-order chi connectivity index (χ0) is 16.8. The Labute approximate surface area is 128 Å². The summed E-state index contributed by atoms with van der Waals surface area (Å²) in [6.45, 7) is 11.2. The molecule has 5 heteroatoms. The summed E-state index contributed by atoms with van der Waals surface area (Å²) < 4.78 is 4.90. The lowest BCUT2D eigenvalue weighted by atomic mass is 9.95. The second-order valence-corrected chi connectivity index (χ2v) is 4.72. The Morgan fingerprint density at radius 2 is 1.95 bits per heavy atom. The van der Waals surface area contributed by atoms with E-state index in [0.29, 0.717) is 19.4 Å². The fourth-order valence-corrected chi connectivity index (χ4v) is 1.66. The molecule has 0 heterocycles. The third-order valence-corrected chi connectivity index (χ3v) is 2.36. The lowest BCUT2D eigenvalue weighted by Gasteiger charge is -2.21. The number of esters is 1. The highest BCUT2D eigenvalue weighted by Crippen LogP contribution is 2.19. The molecule has 0 aromatic rings. The van der Waals surface area contributed by atoms with E-state index < -0.39 is 0 Å². The van der Waals surface area contributed by atoms with Crippen LogP contribution in [-0.2, 0) is 14.3 Å². The van der Waals surface area contributed by atoms with Gasteiger partial charge in [0.2, 0.25) is 5.91 Å². The van der Waals surface area contributed by atoms with Crippen LogP contribution >= 0.6 is 0 Å². The second-order valence-electron chi connectivity index (χ2n) is 4.72. The Kier molecular flexibility index (Phi) is 14.2. The van der Waals surface area contributed by atoms with Crippen molar-refractivity contribution in [2.75, 3.05) is 6.61 Å². The first-order chi connectivity index (χ1) is 9.86. The van der Waals surface area contributed by atoms with Crippen LogP contribution in [0.4, 0.5) is 0 Å². The number of rotatable bonds is 3. The van der Waals surface area contributed by atoms with Crippen molar-refractivity contribution in [1.29, 1.82) is 0 Å². The van der Waals surface area contributed by atoms with E-state index in [0.717, 1.165) is 12.0 Å². The predicted octanol–water partition coefficient (Wildman–Crippen LogP) is 2.58. The summed E-state index contributed by atoms with van der Waals surface area (Å²) in [4.78, 5) is 22.2. The van der Waals surface area contributed by atoms with E-state index in [-0.39, 0.29) is 24.0 Å². The third kappa shape index (κ3) is 13.4. The number of aliphatic hydroxyl groups is 1. The normalized spacial score (nSPS) is 16.6. The van der Waals surface area contributed by atoms with Gasteiger partial charge in [-0.05, 0) is 40.0 Å². The molecule has 1 atom stereocenters. The van der Waals surface area contributed by atoms with Gasteiger partial charge in [-0.1, -0.05) is 19.9 Å². The lowest BCUT2D eigenvalue weighted by molar-refractivity contribution is -0.138. The van der Waals surface area contributed by atoms with Crippen molar-refractivity contribution in [3.63, 3.8) is 0 Å². The van der Waals surface area contributed by atoms with Gasteiger partial charge in [0.1, 0.15) is 0 Å². The van der Waals surface area contributed by atoms with E-state index in [1.807, 2.05) is 19.9 Å². The molecule has 1 amide bonds. The molecule has 0 radical (unpaired) electrons. The zero-order valence-electron chi connectivity index (χ0n) is 14.2. The first-order valence-corrected chi connectivity index (χ1v) is 7.68. The molecule has 1 aliphatic rings. The summed E-state index contributed by atoms with van der Waals surface area (Å²) in [5.74, 6) is -0.244. The summed E-state index contributed by atoms with van der Waals surface area (Å²) >= 11 is 0. The lowest BCUT2D eigenvalue weighted by Crippen LogP contribution is -2.34. The highest BCUT2D eigenvalue weighted by molar-refractivity contribution is 5.88. The third-order valence-electron chi connectivity index (χ3n) is 2.36. The second kappa shape index (κ2) is 13.6. The maximum atomic E-state index is 11.3. The Morgan fingerprint density at radius 3 is 2.29 bits per heavy atom. The number of hydrogen-bond acceptors (Lipinski definition) is 4. The van der Waals surface area contributed by atoms with Gasteiger partial charge >= 0.3 is 5.97 Å². The van der Waals surface area contributed by atoms with Gasteiger partial charge in [0.25, 0.3) is 0 Å². The van der Waals surface area contributed by atoms with E-state index in [1.54, 1.807) is 20.8 Å². The number of carbonyl (C=O) groups excluding carboxylic acids is 2. The quantitative estimate of drug-likeness (QED) is 0.786. The summed E-state index contributed by atoms with van der Waals surface area (Å²) in [7, 11) is 0. The molecule has 0 aromatic heterocycles. The molecule has 124 valence electrons. The van der Waals surface area contributed by atoms with E-state index in [2.05, 4.69) is 5.32 Å². The first kappa shape index (κ1) is 21.9. The van der Waals surface area contributed by atoms with Crippen LogP contribution in [-0.4, -0.2) is 35.7 Å². The van der Waals surface area contributed by atoms with Gasteiger partial charge in [0, 0.05) is 24.6 Å². The van der Waals surface area contributed by atoms with Crippen LogP contribution in [0.25, 0.3) is 0 Å². The van der Waals surface area contributed by atoms with Crippen molar-refractivity contribution in [3.8, 4) is 0 Å². The van der Waals surface area contributed by atoms with Crippen molar-refractivity contribution < 1.29 is 19.4 Å². The van der Waals surface area contributed by atoms with E-state index in [9.17, 15) is 9.59 Å². The fourth-order valence-electron chi connectivity index (χ4n) is 1.66. The zero-order valence-corrected chi connectivity index (χ0v) is 14.2. The highest BCUT2D eigenvalue weighted by atomic mass is 16.5. The fraction of sp³-hybridized carbons (Fsp3) is 0.750. The number of amides is 1. The molecule has 0 saturated carbocycles.